The molecule has 0 fully saturated rings. The smallest absolute Gasteiger partial charge is 0.145 e. The van der Waals surface area contributed by atoms with E-state index >= 15 is 0 Å². The second kappa shape index (κ2) is 6.71. The van der Waals surface area contributed by atoms with Crippen molar-refractivity contribution in [2.45, 2.75) is 0 Å². The Morgan fingerprint density at radius 3 is 2.71 bits per heavy atom. The van der Waals surface area contributed by atoms with Crippen LogP contribution < -0.4 is 10.1 Å². The zero-order chi connectivity index (χ0) is 12.5. The number of anilines is 1. The summed E-state index contributed by atoms with van der Waals surface area (Å²) in [5, 5.41) is 20.0. The summed E-state index contributed by atoms with van der Waals surface area (Å²) in [6.07, 6.45) is 2.98. The first-order valence-corrected chi connectivity index (χ1v) is 4.91. The molecule has 0 radical (unpaired) electrons. The first-order chi connectivity index (χ1) is 8.31. The number of nitriles is 2. The van der Waals surface area contributed by atoms with Crippen LogP contribution in [-0.2, 0) is 0 Å². The van der Waals surface area contributed by atoms with Gasteiger partial charge in [0.1, 0.15) is 30.1 Å². The van der Waals surface area contributed by atoms with Crippen molar-refractivity contribution < 1.29 is 4.74 Å². The number of nitrogens with zero attached hydrogens (tertiary/aromatic N) is 2. The molecular weight excluding hydrogens is 214 g/mol. The van der Waals surface area contributed by atoms with Crippen LogP contribution in [0.3, 0.4) is 0 Å². The van der Waals surface area contributed by atoms with Crippen LogP contribution in [0.2, 0.25) is 0 Å². The Bertz CT molecular complexity index is 490. The molecule has 0 amide bonds. The van der Waals surface area contributed by atoms with E-state index in [1.807, 2.05) is 12.1 Å². The Morgan fingerprint density at radius 1 is 1.35 bits per heavy atom. The molecule has 0 saturated heterocycles. The predicted octanol–water partition coefficient (Wildman–Crippen LogP) is 2.59. The van der Waals surface area contributed by atoms with Gasteiger partial charge in [-0.2, -0.15) is 10.5 Å². The molecule has 0 aromatic heterocycles. The molecule has 84 valence electrons. The Hall–Kier alpha value is -2.72. The molecule has 0 aliphatic rings. The molecule has 0 aliphatic heterocycles. The number of hydrogen-bond acceptors (Lipinski definition) is 4. The molecule has 0 bridgehead atoms. The number of ether oxygens (including phenoxy) is 1. The van der Waals surface area contributed by atoms with Gasteiger partial charge in [0.05, 0.1) is 5.69 Å². The highest BCUT2D eigenvalue weighted by atomic mass is 16.5. The first-order valence-electron chi connectivity index (χ1n) is 4.91. The van der Waals surface area contributed by atoms with Crippen LogP contribution in [0, 0.1) is 22.7 Å². The molecule has 0 atom stereocenters. The van der Waals surface area contributed by atoms with E-state index in [4.69, 9.17) is 15.3 Å². The lowest BCUT2D eigenvalue weighted by Crippen LogP contribution is -1.98. The highest BCUT2D eigenvalue weighted by molar-refractivity contribution is 5.59. The van der Waals surface area contributed by atoms with Gasteiger partial charge in [-0.15, -0.1) is 0 Å². The summed E-state index contributed by atoms with van der Waals surface area (Å²) in [6, 6.07) is 10.8. The second-order valence-corrected chi connectivity index (χ2v) is 3.02. The van der Waals surface area contributed by atoms with Gasteiger partial charge in [-0.1, -0.05) is 24.8 Å². The van der Waals surface area contributed by atoms with Crippen LogP contribution in [0.25, 0.3) is 0 Å². The molecule has 1 N–H and O–H groups in total. The Balaban J connectivity index is 2.84. The number of allylic oxidation sites excluding steroid dienone is 1. The Labute approximate surface area is 100 Å². The van der Waals surface area contributed by atoms with Gasteiger partial charge in [0, 0.05) is 6.20 Å². The van der Waals surface area contributed by atoms with Crippen LogP contribution in [0.5, 0.6) is 5.75 Å². The average Bonchev–Trinajstić information content (AvgIpc) is 2.38. The van der Waals surface area contributed by atoms with Crippen LogP contribution in [0.1, 0.15) is 0 Å². The minimum absolute atomic E-state index is 0.00326. The molecule has 1 aromatic rings. The Kier molecular flexibility index (Phi) is 4.87. The molecule has 1 aromatic carbocycles. The van der Waals surface area contributed by atoms with E-state index in [2.05, 4.69) is 11.9 Å². The van der Waals surface area contributed by atoms with E-state index in [0.717, 1.165) is 0 Å². The summed E-state index contributed by atoms with van der Waals surface area (Å²) in [5.41, 5.74) is 0.695. The number of nitrogens with one attached hydrogen (secondary N) is 1. The molecule has 0 aliphatic carbocycles. The van der Waals surface area contributed by atoms with Crippen molar-refractivity contribution in [2.24, 2.45) is 0 Å². The van der Waals surface area contributed by atoms with Crippen molar-refractivity contribution in [2.75, 3.05) is 11.9 Å². The van der Waals surface area contributed by atoms with Crippen molar-refractivity contribution >= 4 is 5.69 Å². The van der Waals surface area contributed by atoms with E-state index in [0.29, 0.717) is 18.0 Å². The van der Waals surface area contributed by atoms with Crippen molar-refractivity contribution in [3.05, 3.63) is 48.7 Å². The van der Waals surface area contributed by atoms with E-state index < -0.39 is 0 Å². The van der Waals surface area contributed by atoms with Crippen LogP contribution in [-0.4, -0.2) is 6.61 Å². The lowest BCUT2D eigenvalue weighted by atomic mass is 10.3. The third kappa shape index (κ3) is 3.73. The van der Waals surface area contributed by atoms with Gasteiger partial charge in [-0.05, 0) is 12.1 Å². The molecule has 0 saturated carbocycles. The maximum absolute atomic E-state index is 8.59. The van der Waals surface area contributed by atoms with E-state index in [-0.39, 0.29) is 5.57 Å². The fourth-order valence-electron chi connectivity index (χ4n) is 1.10. The van der Waals surface area contributed by atoms with Gasteiger partial charge in [-0.25, -0.2) is 0 Å². The number of rotatable bonds is 5. The van der Waals surface area contributed by atoms with Gasteiger partial charge >= 0.3 is 0 Å². The lowest BCUT2D eigenvalue weighted by molar-refractivity contribution is 0.365. The van der Waals surface area contributed by atoms with Crippen molar-refractivity contribution in [1.82, 2.24) is 0 Å². The predicted molar refractivity (Wildman–Crippen MR) is 65.1 cm³/mol. The van der Waals surface area contributed by atoms with Gasteiger partial charge in [0.25, 0.3) is 0 Å². The molecule has 0 spiro atoms. The molecule has 4 heteroatoms. The third-order valence-electron chi connectivity index (χ3n) is 1.86. The van der Waals surface area contributed by atoms with Gasteiger partial charge in [0.15, 0.2) is 0 Å². The average molecular weight is 225 g/mol. The summed E-state index contributed by atoms with van der Waals surface area (Å²) in [6.45, 7) is 3.96. The standard InChI is InChI=1S/C13H11N3O/c1-2-7-17-13-6-4-3-5-12(13)16-10-11(8-14)9-15/h2-6,10,16H,1,7H2. The molecule has 17 heavy (non-hydrogen) atoms. The normalized spacial score (nSPS) is 8.35. The number of para-hydroxylation sites is 2. The summed E-state index contributed by atoms with van der Waals surface area (Å²) in [7, 11) is 0. The van der Waals surface area contributed by atoms with Gasteiger partial charge < -0.3 is 10.1 Å². The number of benzene rings is 1. The fraction of sp³-hybridized carbons (Fsp3) is 0.0769. The zero-order valence-electron chi connectivity index (χ0n) is 9.18. The zero-order valence-corrected chi connectivity index (χ0v) is 9.18. The molecule has 0 unspecified atom stereocenters. The Morgan fingerprint density at radius 2 is 2.06 bits per heavy atom. The van der Waals surface area contributed by atoms with Crippen LogP contribution in [0.15, 0.2) is 48.7 Å². The maximum atomic E-state index is 8.59. The summed E-state index contributed by atoms with van der Waals surface area (Å²) < 4.78 is 5.41. The molecule has 1 rings (SSSR count). The molecule has 4 nitrogen and oxygen atoms in total. The van der Waals surface area contributed by atoms with E-state index in [1.165, 1.54) is 6.20 Å². The fourth-order valence-corrected chi connectivity index (χ4v) is 1.10. The highest BCUT2D eigenvalue weighted by Crippen LogP contribution is 2.23. The summed E-state index contributed by atoms with van der Waals surface area (Å²) in [5.74, 6) is 0.638. The van der Waals surface area contributed by atoms with Gasteiger partial charge in [0.2, 0.25) is 0 Å². The monoisotopic (exact) mass is 225 g/mol. The summed E-state index contributed by atoms with van der Waals surface area (Å²) in [4.78, 5) is 0. The largest absolute Gasteiger partial charge is 0.487 e. The van der Waals surface area contributed by atoms with E-state index in [9.17, 15) is 0 Å². The molecular formula is C13H11N3O. The van der Waals surface area contributed by atoms with Crippen LogP contribution in [0.4, 0.5) is 5.69 Å². The minimum atomic E-state index is 0.00326. The lowest BCUT2D eigenvalue weighted by Gasteiger charge is -2.09. The second-order valence-electron chi connectivity index (χ2n) is 3.02. The number of hydrogen-bond donors (Lipinski definition) is 1. The van der Waals surface area contributed by atoms with Crippen molar-refractivity contribution in [3.63, 3.8) is 0 Å². The highest BCUT2D eigenvalue weighted by Gasteiger charge is 2.00. The maximum Gasteiger partial charge on any atom is 0.145 e. The van der Waals surface area contributed by atoms with E-state index in [1.54, 1.807) is 30.3 Å². The SMILES string of the molecule is C=CCOc1ccccc1NC=C(C#N)C#N. The van der Waals surface area contributed by atoms with Gasteiger partial charge in [-0.3, -0.25) is 0 Å². The van der Waals surface area contributed by atoms with Crippen LogP contribution >= 0.6 is 0 Å². The first kappa shape index (κ1) is 12.4. The molecule has 0 heterocycles. The topological polar surface area (TPSA) is 68.8 Å². The van der Waals surface area contributed by atoms with Crippen molar-refractivity contribution in [3.8, 4) is 17.9 Å². The quantitative estimate of drug-likeness (QED) is 0.617. The third-order valence-corrected chi connectivity index (χ3v) is 1.86. The summed E-state index contributed by atoms with van der Waals surface area (Å²) >= 11 is 0. The minimum Gasteiger partial charge on any atom is -0.487 e. The van der Waals surface area contributed by atoms with Crippen molar-refractivity contribution in [1.29, 1.82) is 10.5 Å².